The van der Waals surface area contributed by atoms with E-state index in [-0.39, 0.29) is 0 Å². The van der Waals surface area contributed by atoms with E-state index in [2.05, 4.69) is 15.0 Å². The predicted molar refractivity (Wildman–Crippen MR) is 82.3 cm³/mol. The molecule has 0 saturated heterocycles. The molecule has 7 heteroatoms. The van der Waals surface area contributed by atoms with E-state index in [4.69, 9.17) is 14.0 Å². The Morgan fingerprint density at radius 1 is 1.30 bits per heavy atom. The second-order valence-electron chi connectivity index (χ2n) is 5.51. The van der Waals surface area contributed by atoms with Crippen LogP contribution in [0.5, 0.6) is 11.5 Å². The van der Waals surface area contributed by atoms with E-state index in [9.17, 15) is 5.11 Å². The molecule has 0 radical (unpaired) electrons. The van der Waals surface area contributed by atoms with Crippen molar-refractivity contribution in [2.75, 3.05) is 20.8 Å². The number of aryl methyl sites for hydroxylation is 1. The van der Waals surface area contributed by atoms with Crippen LogP contribution in [0.1, 0.15) is 35.9 Å². The Kier molecular flexibility index (Phi) is 4.49. The normalized spacial score (nSPS) is 17.8. The van der Waals surface area contributed by atoms with Gasteiger partial charge in [0.2, 0.25) is 5.89 Å². The molecule has 2 aromatic rings. The maximum absolute atomic E-state index is 10.5. The molecule has 1 aromatic heterocycles. The van der Waals surface area contributed by atoms with Gasteiger partial charge >= 0.3 is 0 Å². The largest absolute Gasteiger partial charge is 0.496 e. The van der Waals surface area contributed by atoms with Crippen molar-refractivity contribution in [3.05, 3.63) is 35.0 Å². The number of hydrogen-bond donors (Lipinski definition) is 1. The smallest absolute Gasteiger partial charge is 0.240 e. The number of ether oxygens (including phenoxy) is 2. The van der Waals surface area contributed by atoms with Crippen LogP contribution in [-0.2, 0) is 19.5 Å². The van der Waals surface area contributed by atoms with Gasteiger partial charge in [0.15, 0.2) is 5.82 Å². The molecular weight excluding hydrogens is 298 g/mol. The minimum atomic E-state index is -0.655. The van der Waals surface area contributed by atoms with Gasteiger partial charge in [0.05, 0.1) is 26.9 Å². The van der Waals surface area contributed by atoms with Gasteiger partial charge in [-0.3, -0.25) is 4.90 Å². The molecule has 0 bridgehead atoms. The number of aliphatic hydroxyl groups is 1. The van der Waals surface area contributed by atoms with E-state index in [1.165, 1.54) is 0 Å². The first-order valence-electron chi connectivity index (χ1n) is 7.61. The van der Waals surface area contributed by atoms with E-state index in [0.29, 0.717) is 37.1 Å². The molecule has 3 rings (SSSR count). The van der Waals surface area contributed by atoms with Gasteiger partial charge in [0, 0.05) is 30.6 Å². The number of methoxy groups -OCH3 is 2. The van der Waals surface area contributed by atoms with Crippen LogP contribution in [0.15, 0.2) is 16.7 Å². The molecule has 0 spiro atoms. The summed E-state index contributed by atoms with van der Waals surface area (Å²) in [6.07, 6.45) is 0.0809. The Morgan fingerprint density at radius 2 is 2.04 bits per heavy atom. The summed E-state index contributed by atoms with van der Waals surface area (Å²) in [5, 5.41) is 14.5. The second kappa shape index (κ2) is 6.55. The van der Waals surface area contributed by atoms with Crippen LogP contribution in [0.3, 0.4) is 0 Å². The van der Waals surface area contributed by atoms with Crippen LogP contribution in [0.4, 0.5) is 0 Å². The Hall–Kier alpha value is -2.12. The molecule has 1 aromatic carbocycles. The molecule has 1 aliphatic heterocycles. The highest BCUT2D eigenvalue weighted by molar-refractivity contribution is 5.51. The van der Waals surface area contributed by atoms with E-state index >= 15 is 0 Å². The van der Waals surface area contributed by atoms with E-state index in [0.717, 1.165) is 23.3 Å². The molecule has 0 saturated carbocycles. The molecule has 0 aliphatic carbocycles. The Morgan fingerprint density at radius 3 is 2.70 bits per heavy atom. The molecule has 0 fully saturated rings. The molecule has 0 amide bonds. The lowest BCUT2D eigenvalue weighted by atomic mass is 9.95. The van der Waals surface area contributed by atoms with Gasteiger partial charge in [-0.05, 0) is 12.1 Å². The number of nitrogens with zero attached hydrogens (tertiary/aromatic N) is 3. The van der Waals surface area contributed by atoms with E-state index < -0.39 is 6.10 Å². The third kappa shape index (κ3) is 3.02. The summed E-state index contributed by atoms with van der Waals surface area (Å²) in [6.45, 7) is 3.56. The SMILES string of the molecule is CCc1noc(CN2Cc3c(OC)ccc(OC)c3[C@H](O)C2)n1. The minimum absolute atomic E-state index is 0.473. The standard InChI is InChI=1S/C16H21N3O4/c1-4-14-17-15(23-18-14)9-19-7-10-12(21-2)5-6-13(22-3)16(10)11(20)8-19/h5-6,11,20H,4,7-9H2,1-3H3/t11-/m1/s1. The lowest BCUT2D eigenvalue weighted by Crippen LogP contribution is -2.33. The monoisotopic (exact) mass is 319 g/mol. The number of fused-ring (bicyclic) bond motifs is 1. The van der Waals surface area contributed by atoms with Gasteiger partial charge in [-0.1, -0.05) is 12.1 Å². The highest BCUT2D eigenvalue weighted by Crippen LogP contribution is 2.39. The van der Waals surface area contributed by atoms with E-state index in [1.54, 1.807) is 14.2 Å². The van der Waals surface area contributed by atoms with Crippen molar-refractivity contribution in [1.29, 1.82) is 0 Å². The van der Waals surface area contributed by atoms with Crippen LogP contribution < -0.4 is 9.47 Å². The summed E-state index contributed by atoms with van der Waals surface area (Å²) in [5.41, 5.74) is 1.73. The highest BCUT2D eigenvalue weighted by atomic mass is 16.5. The minimum Gasteiger partial charge on any atom is -0.496 e. The summed E-state index contributed by atoms with van der Waals surface area (Å²) < 4.78 is 16.1. The van der Waals surface area contributed by atoms with Crippen molar-refractivity contribution >= 4 is 0 Å². The van der Waals surface area contributed by atoms with Crippen LogP contribution >= 0.6 is 0 Å². The summed E-state index contributed by atoms with van der Waals surface area (Å²) in [7, 11) is 3.23. The first-order chi connectivity index (χ1) is 11.2. The van der Waals surface area contributed by atoms with Crippen molar-refractivity contribution in [3.63, 3.8) is 0 Å². The lowest BCUT2D eigenvalue weighted by Gasteiger charge is -2.33. The zero-order valence-corrected chi connectivity index (χ0v) is 13.6. The van der Waals surface area contributed by atoms with Gasteiger partial charge < -0.3 is 19.1 Å². The fourth-order valence-electron chi connectivity index (χ4n) is 2.95. The molecule has 2 heterocycles. The van der Waals surface area contributed by atoms with Crippen molar-refractivity contribution in [1.82, 2.24) is 15.0 Å². The zero-order chi connectivity index (χ0) is 16.4. The fraction of sp³-hybridized carbons (Fsp3) is 0.500. The predicted octanol–water partition coefficient (Wildman–Crippen LogP) is 1.70. The van der Waals surface area contributed by atoms with Gasteiger partial charge in [0.25, 0.3) is 0 Å². The zero-order valence-electron chi connectivity index (χ0n) is 13.6. The van der Waals surface area contributed by atoms with Crippen molar-refractivity contribution in [3.8, 4) is 11.5 Å². The van der Waals surface area contributed by atoms with Crippen molar-refractivity contribution in [2.45, 2.75) is 32.5 Å². The third-order valence-electron chi connectivity index (χ3n) is 4.05. The van der Waals surface area contributed by atoms with Gasteiger partial charge in [0.1, 0.15) is 11.5 Å². The number of β-amino-alcohol motifs (C(OH)–C–C–N with tert-alkyl or cyclic N) is 1. The Labute approximate surface area is 134 Å². The first-order valence-corrected chi connectivity index (χ1v) is 7.61. The summed E-state index contributed by atoms with van der Waals surface area (Å²) in [5.74, 6) is 2.67. The van der Waals surface area contributed by atoms with Gasteiger partial charge in [-0.15, -0.1) is 0 Å². The fourth-order valence-corrected chi connectivity index (χ4v) is 2.95. The Balaban J connectivity index is 1.87. The molecule has 0 unspecified atom stereocenters. The lowest BCUT2D eigenvalue weighted by molar-refractivity contribution is 0.0779. The van der Waals surface area contributed by atoms with Crippen LogP contribution in [0, 0.1) is 0 Å². The van der Waals surface area contributed by atoms with Crippen LogP contribution in [0.2, 0.25) is 0 Å². The van der Waals surface area contributed by atoms with E-state index in [1.807, 2.05) is 19.1 Å². The molecule has 1 atom stereocenters. The number of rotatable bonds is 5. The van der Waals surface area contributed by atoms with Crippen molar-refractivity contribution in [2.24, 2.45) is 0 Å². The third-order valence-corrected chi connectivity index (χ3v) is 4.05. The molecular formula is C16H21N3O4. The molecule has 1 N–H and O–H groups in total. The molecule has 1 aliphatic rings. The second-order valence-corrected chi connectivity index (χ2v) is 5.51. The number of benzene rings is 1. The topological polar surface area (TPSA) is 80.9 Å². The first kappa shape index (κ1) is 15.8. The van der Waals surface area contributed by atoms with Crippen molar-refractivity contribution < 1.29 is 19.1 Å². The number of aromatic nitrogens is 2. The average Bonchev–Trinajstić information content (AvgIpc) is 3.01. The highest BCUT2D eigenvalue weighted by Gasteiger charge is 2.30. The Bertz CT molecular complexity index is 686. The van der Waals surface area contributed by atoms with Crippen LogP contribution in [-0.4, -0.2) is 40.9 Å². The number of hydrogen-bond acceptors (Lipinski definition) is 7. The van der Waals surface area contributed by atoms with Gasteiger partial charge in [-0.2, -0.15) is 4.98 Å². The summed E-state index contributed by atoms with van der Waals surface area (Å²) >= 11 is 0. The maximum atomic E-state index is 10.5. The summed E-state index contributed by atoms with van der Waals surface area (Å²) in [6, 6.07) is 3.68. The molecule has 7 nitrogen and oxygen atoms in total. The van der Waals surface area contributed by atoms with Gasteiger partial charge in [-0.25, -0.2) is 0 Å². The summed E-state index contributed by atoms with van der Waals surface area (Å²) in [4.78, 5) is 6.38. The molecule has 23 heavy (non-hydrogen) atoms. The molecule has 124 valence electrons. The number of aliphatic hydroxyl groups excluding tert-OH is 1. The van der Waals surface area contributed by atoms with Crippen LogP contribution in [0.25, 0.3) is 0 Å². The maximum Gasteiger partial charge on any atom is 0.240 e. The average molecular weight is 319 g/mol. The quantitative estimate of drug-likeness (QED) is 0.898.